The summed E-state index contributed by atoms with van der Waals surface area (Å²) < 4.78 is 23.4. The molecule has 0 heterocycles. The zero-order chi connectivity index (χ0) is 13.5. The molecule has 0 bridgehead atoms. The zero-order valence-corrected chi connectivity index (χ0v) is 10.9. The standard InChI is InChI=1S/C13H18FNO3/c1-4-15(9-12(16)18-3)8-10-6-5-7-11(17-2)13(10)14/h5-7H,4,8-9H2,1-3H3. The molecule has 100 valence electrons. The first-order valence-electron chi connectivity index (χ1n) is 5.72. The number of likely N-dealkylation sites (N-methyl/N-ethyl adjacent to an activating group) is 1. The Morgan fingerprint density at radius 2 is 2.11 bits per heavy atom. The fraction of sp³-hybridized carbons (Fsp3) is 0.462. The summed E-state index contributed by atoms with van der Waals surface area (Å²) >= 11 is 0. The third-order valence-electron chi connectivity index (χ3n) is 2.68. The Kier molecular flexibility index (Phi) is 5.58. The van der Waals surface area contributed by atoms with E-state index in [9.17, 15) is 9.18 Å². The first-order valence-corrected chi connectivity index (χ1v) is 5.72. The van der Waals surface area contributed by atoms with E-state index in [1.165, 1.54) is 14.2 Å². The van der Waals surface area contributed by atoms with Crippen LogP contribution in [0.15, 0.2) is 18.2 Å². The topological polar surface area (TPSA) is 38.8 Å². The Hall–Kier alpha value is -1.62. The van der Waals surface area contributed by atoms with Gasteiger partial charge in [-0.3, -0.25) is 9.69 Å². The van der Waals surface area contributed by atoms with Crippen molar-refractivity contribution >= 4 is 5.97 Å². The highest BCUT2D eigenvalue weighted by Gasteiger charge is 2.14. The fourth-order valence-corrected chi connectivity index (χ4v) is 1.60. The van der Waals surface area contributed by atoms with E-state index in [1.807, 2.05) is 6.92 Å². The SMILES string of the molecule is CCN(CC(=O)OC)Cc1cccc(OC)c1F. The molecule has 0 aliphatic carbocycles. The number of rotatable bonds is 6. The molecular weight excluding hydrogens is 237 g/mol. The molecule has 4 nitrogen and oxygen atoms in total. The van der Waals surface area contributed by atoms with Gasteiger partial charge in [0.25, 0.3) is 0 Å². The van der Waals surface area contributed by atoms with E-state index in [-0.39, 0.29) is 24.1 Å². The van der Waals surface area contributed by atoms with Crippen LogP contribution in [0.2, 0.25) is 0 Å². The van der Waals surface area contributed by atoms with Crippen LogP contribution in [0.3, 0.4) is 0 Å². The van der Waals surface area contributed by atoms with Crippen molar-refractivity contribution in [3.05, 3.63) is 29.6 Å². The number of nitrogens with zero attached hydrogens (tertiary/aromatic N) is 1. The van der Waals surface area contributed by atoms with Crippen LogP contribution in [0.25, 0.3) is 0 Å². The maximum Gasteiger partial charge on any atom is 0.319 e. The highest BCUT2D eigenvalue weighted by molar-refractivity contribution is 5.71. The average molecular weight is 255 g/mol. The van der Waals surface area contributed by atoms with Crippen molar-refractivity contribution in [2.45, 2.75) is 13.5 Å². The van der Waals surface area contributed by atoms with Gasteiger partial charge < -0.3 is 9.47 Å². The molecule has 5 heteroatoms. The Morgan fingerprint density at radius 3 is 2.67 bits per heavy atom. The summed E-state index contributed by atoms with van der Waals surface area (Å²) in [4.78, 5) is 13.0. The lowest BCUT2D eigenvalue weighted by Crippen LogP contribution is -2.30. The first kappa shape index (κ1) is 14.4. The van der Waals surface area contributed by atoms with Gasteiger partial charge in [0, 0.05) is 12.1 Å². The number of carbonyl (C=O) groups is 1. The first-order chi connectivity index (χ1) is 8.62. The minimum atomic E-state index is -0.386. The number of halogens is 1. The van der Waals surface area contributed by atoms with Crippen molar-refractivity contribution in [1.29, 1.82) is 0 Å². The normalized spacial score (nSPS) is 10.5. The van der Waals surface area contributed by atoms with Crippen molar-refractivity contribution in [2.24, 2.45) is 0 Å². The Morgan fingerprint density at radius 1 is 1.39 bits per heavy atom. The van der Waals surface area contributed by atoms with Gasteiger partial charge in [0.1, 0.15) is 0 Å². The third-order valence-corrected chi connectivity index (χ3v) is 2.68. The Labute approximate surface area is 106 Å². The molecule has 0 unspecified atom stereocenters. The molecule has 0 fully saturated rings. The highest BCUT2D eigenvalue weighted by Crippen LogP contribution is 2.21. The lowest BCUT2D eigenvalue weighted by atomic mass is 10.2. The molecule has 1 aromatic rings. The van der Waals surface area contributed by atoms with Gasteiger partial charge in [0.2, 0.25) is 0 Å². The predicted molar refractivity (Wildman–Crippen MR) is 65.9 cm³/mol. The van der Waals surface area contributed by atoms with E-state index in [0.717, 1.165) is 0 Å². The van der Waals surface area contributed by atoms with Crippen LogP contribution in [0.4, 0.5) is 4.39 Å². The van der Waals surface area contributed by atoms with Crippen molar-refractivity contribution < 1.29 is 18.7 Å². The third kappa shape index (κ3) is 3.70. The molecule has 0 aromatic heterocycles. The lowest BCUT2D eigenvalue weighted by molar-refractivity contribution is -0.142. The van der Waals surface area contributed by atoms with E-state index in [4.69, 9.17) is 4.74 Å². The number of methoxy groups -OCH3 is 2. The molecule has 0 spiro atoms. The minimum Gasteiger partial charge on any atom is -0.494 e. The molecule has 1 rings (SSSR count). The monoisotopic (exact) mass is 255 g/mol. The van der Waals surface area contributed by atoms with Gasteiger partial charge in [-0.05, 0) is 12.6 Å². The molecule has 18 heavy (non-hydrogen) atoms. The number of ether oxygens (including phenoxy) is 2. The second-order valence-electron chi connectivity index (χ2n) is 3.81. The summed E-state index contributed by atoms with van der Waals surface area (Å²) in [7, 11) is 2.76. The Balaban J connectivity index is 2.78. The fourth-order valence-electron chi connectivity index (χ4n) is 1.60. The molecule has 0 N–H and O–H groups in total. The van der Waals surface area contributed by atoms with E-state index in [0.29, 0.717) is 18.7 Å². The second-order valence-corrected chi connectivity index (χ2v) is 3.81. The molecule has 0 radical (unpaired) electrons. The van der Waals surface area contributed by atoms with Crippen molar-refractivity contribution in [2.75, 3.05) is 27.3 Å². The summed E-state index contributed by atoms with van der Waals surface area (Å²) in [6.07, 6.45) is 0. The Bertz CT molecular complexity index is 409. The zero-order valence-electron chi connectivity index (χ0n) is 10.9. The molecule has 0 saturated heterocycles. The summed E-state index contributed by atoms with van der Waals surface area (Å²) in [5.41, 5.74) is 0.500. The maximum absolute atomic E-state index is 13.9. The smallest absolute Gasteiger partial charge is 0.319 e. The number of esters is 1. The lowest BCUT2D eigenvalue weighted by Gasteiger charge is -2.19. The summed E-state index contributed by atoms with van der Waals surface area (Å²) in [6.45, 7) is 3.02. The molecule has 0 amide bonds. The molecular formula is C13H18FNO3. The van der Waals surface area contributed by atoms with Gasteiger partial charge >= 0.3 is 5.97 Å². The number of hydrogen-bond donors (Lipinski definition) is 0. The number of benzene rings is 1. The average Bonchev–Trinajstić information content (AvgIpc) is 2.39. The molecule has 0 aliphatic rings. The largest absolute Gasteiger partial charge is 0.494 e. The van der Waals surface area contributed by atoms with Crippen LogP contribution in [0, 0.1) is 5.82 Å². The molecule has 0 saturated carbocycles. The maximum atomic E-state index is 13.9. The van der Waals surface area contributed by atoms with Gasteiger partial charge in [-0.2, -0.15) is 0 Å². The van der Waals surface area contributed by atoms with Crippen LogP contribution in [0.5, 0.6) is 5.75 Å². The minimum absolute atomic E-state index is 0.143. The quantitative estimate of drug-likeness (QED) is 0.727. The van der Waals surface area contributed by atoms with Crippen LogP contribution in [-0.4, -0.2) is 38.2 Å². The highest BCUT2D eigenvalue weighted by atomic mass is 19.1. The van der Waals surface area contributed by atoms with Gasteiger partial charge in [0.15, 0.2) is 11.6 Å². The molecule has 0 aliphatic heterocycles. The molecule has 1 aromatic carbocycles. The van der Waals surface area contributed by atoms with Crippen LogP contribution >= 0.6 is 0 Å². The predicted octanol–water partition coefficient (Wildman–Crippen LogP) is 1.83. The van der Waals surface area contributed by atoms with E-state index < -0.39 is 0 Å². The van der Waals surface area contributed by atoms with E-state index in [2.05, 4.69) is 4.74 Å². The summed E-state index contributed by atoms with van der Waals surface area (Å²) in [6, 6.07) is 4.97. The van der Waals surface area contributed by atoms with Crippen LogP contribution in [0.1, 0.15) is 12.5 Å². The number of hydrogen-bond acceptors (Lipinski definition) is 4. The van der Waals surface area contributed by atoms with Crippen LogP contribution in [-0.2, 0) is 16.1 Å². The van der Waals surface area contributed by atoms with Gasteiger partial charge in [0.05, 0.1) is 20.8 Å². The van der Waals surface area contributed by atoms with Crippen molar-refractivity contribution in [1.82, 2.24) is 4.90 Å². The van der Waals surface area contributed by atoms with Crippen molar-refractivity contribution in [3.8, 4) is 5.75 Å². The van der Waals surface area contributed by atoms with Crippen molar-refractivity contribution in [3.63, 3.8) is 0 Å². The van der Waals surface area contributed by atoms with Gasteiger partial charge in [-0.25, -0.2) is 4.39 Å². The van der Waals surface area contributed by atoms with E-state index >= 15 is 0 Å². The van der Waals surface area contributed by atoms with E-state index in [1.54, 1.807) is 23.1 Å². The van der Waals surface area contributed by atoms with Gasteiger partial charge in [-0.15, -0.1) is 0 Å². The molecule has 0 atom stereocenters. The van der Waals surface area contributed by atoms with Crippen LogP contribution < -0.4 is 4.74 Å². The van der Waals surface area contributed by atoms with Gasteiger partial charge in [-0.1, -0.05) is 19.1 Å². The number of carbonyl (C=O) groups excluding carboxylic acids is 1. The summed E-state index contributed by atoms with van der Waals surface area (Å²) in [5.74, 6) is -0.509. The second kappa shape index (κ2) is 6.96. The summed E-state index contributed by atoms with van der Waals surface area (Å²) in [5, 5.41) is 0.